The van der Waals surface area contributed by atoms with Crippen LogP contribution in [0.1, 0.15) is 16.7 Å². The van der Waals surface area contributed by atoms with Gasteiger partial charge in [0.15, 0.2) is 0 Å². The zero-order chi connectivity index (χ0) is 13.7. The van der Waals surface area contributed by atoms with Crippen molar-refractivity contribution >= 4 is 17.6 Å². The topological polar surface area (TPSA) is 35.5 Å². The molecule has 0 aliphatic carbocycles. The summed E-state index contributed by atoms with van der Waals surface area (Å²) in [7, 11) is 1.26. The summed E-state index contributed by atoms with van der Waals surface area (Å²) in [6.07, 6.45) is -0.00728. The van der Waals surface area contributed by atoms with Crippen LogP contribution in [0.5, 0.6) is 5.75 Å². The molecule has 0 saturated heterocycles. The van der Waals surface area contributed by atoms with Crippen molar-refractivity contribution in [3.63, 3.8) is 0 Å². The SMILES string of the molecule is COC(=O)Cc1cc(OC(F)F)cc(CCl)c1C. The highest BCUT2D eigenvalue weighted by atomic mass is 35.5. The first-order valence-corrected chi connectivity index (χ1v) is 5.71. The lowest BCUT2D eigenvalue weighted by molar-refractivity contribution is -0.139. The van der Waals surface area contributed by atoms with Crippen LogP contribution in [0.4, 0.5) is 8.78 Å². The molecular formula is C12H13ClF2O3. The summed E-state index contributed by atoms with van der Waals surface area (Å²) in [5.41, 5.74) is 1.99. The molecule has 0 saturated carbocycles. The van der Waals surface area contributed by atoms with Gasteiger partial charge in [0.05, 0.1) is 13.5 Å². The number of alkyl halides is 3. The largest absolute Gasteiger partial charge is 0.469 e. The molecular weight excluding hydrogens is 266 g/mol. The summed E-state index contributed by atoms with van der Waals surface area (Å²) in [4.78, 5) is 11.2. The minimum absolute atomic E-state index is 0.00728. The number of halogens is 3. The zero-order valence-electron chi connectivity index (χ0n) is 10.0. The van der Waals surface area contributed by atoms with Crippen molar-refractivity contribution in [3.05, 3.63) is 28.8 Å². The second kappa shape index (κ2) is 6.54. The third-order valence-corrected chi connectivity index (χ3v) is 2.82. The fraction of sp³-hybridized carbons (Fsp3) is 0.417. The summed E-state index contributed by atoms with van der Waals surface area (Å²) < 4.78 is 33.2. The van der Waals surface area contributed by atoms with Crippen LogP contribution in [0.15, 0.2) is 12.1 Å². The molecule has 18 heavy (non-hydrogen) atoms. The molecule has 1 rings (SSSR count). The third-order valence-electron chi connectivity index (χ3n) is 2.53. The highest BCUT2D eigenvalue weighted by Crippen LogP contribution is 2.25. The molecule has 1 aromatic rings. The van der Waals surface area contributed by atoms with E-state index >= 15 is 0 Å². The number of rotatable bonds is 5. The predicted octanol–water partition coefficient (Wildman–Crippen LogP) is 3.05. The van der Waals surface area contributed by atoms with Gasteiger partial charge in [-0.3, -0.25) is 4.79 Å². The highest BCUT2D eigenvalue weighted by molar-refractivity contribution is 6.17. The Bertz CT molecular complexity index is 436. The second-order valence-electron chi connectivity index (χ2n) is 3.63. The summed E-state index contributed by atoms with van der Waals surface area (Å²) >= 11 is 5.72. The van der Waals surface area contributed by atoms with E-state index in [0.29, 0.717) is 11.1 Å². The average Bonchev–Trinajstić information content (AvgIpc) is 2.32. The number of carbonyl (C=O) groups excluding carboxylic acids is 1. The minimum atomic E-state index is -2.91. The van der Waals surface area contributed by atoms with Crippen molar-refractivity contribution in [2.24, 2.45) is 0 Å². The molecule has 0 N–H and O–H groups in total. The quantitative estimate of drug-likeness (QED) is 0.613. The maximum atomic E-state index is 12.2. The van der Waals surface area contributed by atoms with E-state index in [2.05, 4.69) is 9.47 Å². The van der Waals surface area contributed by atoms with Gasteiger partial charge < -0.3 is 9.47 Å². The smallest absolute Gasteiger partial charge is 0.387 e. The minimum Gasteiger partial charge on any atom is -0.469 e. The Hall–Kier alpha value is -1.36. The van der Waals surface area contributed by atoms with Crippen LogP contribution in [-0.4, -0.2) is 19.7 Å². The summed E-state index contributed by atoms with van der Waals surface area (Å²) in [5, 5.41) is 0. The number of carbonyl (C=O) groups is 1. The first kappa shape index (κ1) is 14.7. The predicted molar refractivity (Wildman–Crippen MR) is 63.1 cm³/mol. The maximum Gasteiger partial charge on any atom is 0.387 e. The van der Waals surface area contributed by atoms with Gasteiger partial charge in [-0.05, 0) is 35.7 Å². The van der Waals surface area contributed by atoms with Gasteiger partial charge in [-0.15, -0.1) is 11.6 Å². The highest BCUT2D eigenvalue weighted by Gasteiger charge is 2.13. The molecule has 0 atom stereocenters. The van der Waals surface area contributed by atoms with Crippen molar-refractivity contribution in [2.45, 2.75) is 25.8 Å². The van der Waals surface area contributed by atoms with Gasteiger partial charge in [-0.2, -0.15) is 8.78 Å². The van der Waals surface area contributed by atoms with E-state index < -0.39 is 12.6 Å². The molecule has 0 aliphatic heterocycles. The molecule has 3 nitrogen and oxygen atoms in total. The fourth-order valence-electron chi connectivity index (χ4n) is 1.53. The standard InChI is InChI=1S/C12H13ClF2O3/c1-7-8(5-11(16)17-2)3-10(18-12(14)15)4-9(7)6-13/h3-4,12H,5-6H2,1-2H3. The summed E-state index contributed by atoms with van der Waals surface area (Å²) in [5.74, 6) is -0.307. The van der Waals surface area contributed by atoms with Crippen molar-refractivity contribution < 1.29 is 23.0 Å². The van der Waals surface area contributed by atoms with Gasteiger partial charge >= 0.3 is 12.6 Å². The number of hydrogen-bond acceptors (Lipinski definition) is 3. The lowest BCUT2D eigenvalue weighted by Crippen LogP contribution is -2.09. The Balaban J connectivity index is 3.10. The summed E-state index contributed by atoms with van der Waals surface area (Å²) in [6, 6.07) is 2.84. The maximum absolute atomic E-state index is 12.2. The molecule has 0 aromatic heterocycles. The Labute approximate surface area is 109 Å². The molecule has 0 amide bonds. The molecule has 0 radical (unpaired) electrons. The Morgan fingerprint density at radius 3 is 2.50 bits per heavy atom. The van der Waals surface area contributed by atoms with Gasteiger partial charge in [0.25, 0.3) is 0 Å². The molecule has 0 heterocycles. The van der Waals surface area contributed by atoms with E-state index in [4.69, 9.17) is 11.6 Å². The lowest BCUT2D eigenvalue weighted by Gasteiger charge is -2.13. The van der Waals surface area contributed by atoms with Gasteiger partial charge in [-0.1, -0.05) is 0 Å². The van der Waals surface area contributed by atoms with Crippen molar-refractivity contribution in [2.75, 3.05) is 7.11 Å². The van der Waals surface area contributed by atoms with E-state index in [9.17, 15) is 13.6 Å². The molecule has 6 heteroatoms. The van der Waals surface area contributed by atoms with Crippen LogP contribution in [0.2, 0.25) is 0 Å². The molecule has 0 spiro atoms. The van der Waals surface area contributed by atoms with Crippen molar-refractivity contribution in [1.82, 2.24) is 0 Å². The normalized spacial score (nSPS) is 10.6. The van der Waals surface area contributed by atoms with Gasteiger partial charge in [-0.25, -0.2) is 0 Å². The van der Waals surface area contributed by atoms with E-state index in [1.54, 1.807) is 6.92 Å². The van der Waals surface area contributed by atoms with Crippen LogP contribution in [-0.2, 0) is 21.8 Å². The molecule has 100 valence electrons. The molecule has 1 aromatic carbocycles. The number of hydrogen-bond donors (Lipinski definition) is 0. The third kappa shape index (κ3) is 3.84. The first-order valence-electron chi connectivity index (χ1n) is 5.18. The van der Waals surface area contributed by atoms with Gasteiger partial charge in [0.2, 0.25) is 0 Å². The van der Waals surface area contributed by atoms with Gasteiger partial charge in [0.1, 0.15) is 5.75 Å². The van der Waals surface area contributed by atoms with E-state index in [0.717, 1.165) is 5.56 Å². The van der Waals surface area contributed by atoms with Crippen LogP contribution in [0.25, 0.3) is 0 Å². The second-order valence-corrected chi connectivity index (χ2v) is 3.90. The lowest BCUT2D eigenvalue weighted by atomic mass is 10.0. The molecule has 0 fully saturated rings. The summed E-state index contributed by atoms with van der Waals surface area (Å²) in [6.45, 7) is -1.15. The first-order chi connectivity index (χ1) is 8.47. The van der Waals surface area contributed by atoms with Gasteiger partial charge in [0, 0.05) is 5.88 Å². The van der Waals surface area contributed by atoms with Crippen LogP contribution in [0, 0.1) is 6.92 Å². The average molecular weight is 279 g/mol. The van der Waals surface area contributed by atoms with Crippen LogP contribution < -0.4 is 4.74 Å². The van der Waals surface area contributed by atoms with E-state index in [-0.39, 0.29) is 18.1 Å². The number of methoxy groups -OCH3 is 1. The van der Waals surface area contributed by atoms with Crippen LogP contribution >= 0.6 is 11.6 Å². The fourth-order valence-corrected chi connectivity index (χ4v) is 1.81. The Morgan fingerprint density at radius 2 is 2.00 bits per heavy atom. The van der Waals surface area contributed by atoms with E-state index in [1.165, 1.54) is 19.2 Å². The zero-order valence-corrected chi connectivity index (χ0v) is 10.8. The molecule has 0 aliphatic rings. The molecule has 0 bridgehead atoms. The Kier molecular flexibility index (Phi) is 5.34. The number of ether oxygens (including phenoxy) is 2. The van der Waals surface area contributed by atoms with Crippen molar-refractivity contribution in [1.29, 1.82) is 0 Å². The number of esters is 1. The van der Waals surface area contributed by atoms with Crippen molar-refractivity contribution in [3.8, 4) is 5.75 Å². The van der Waals surface area contributed by atoms with Crippen LogP contribution in [0.3, 0.4) is 0 Å². The Morgan fingerprint density at radius 1 is 1.39 bits per heavy atom. The monoisotopic (exact) mass is 278 g/mol. The van der Waals surface area contributed by atoms with E-state index in [1.807, 2.05) is 0 Å². The number of benzene rings is 1. The molecule has 0 unspecified atom stereocenters.